The Kier molecular flexibility index (Phi) is 3.83. The Balaban J connectivity index is 2.06. The Bertz CT molecular complexity index is 655. The summed E-state index contributed by atoms with van der Waals surface area (Å²) in [7, 11) is 0. The highest BCUT2D eigenvalue weighted by atomic mass is 32.1. The van der Waals surface area contributed by atoms with Gasteiger partial charge in [0.1, 0.15) is 17.2 Å². The van der Waals surface area contributed by atoms with Crippen LogP contribution in [0.2, 0.25) is 0 Å². The molecule has 2 rings (SSSR count). The van der Waals surface area contributed by atoms with Crippen LogP contribution in [0.15, 0.2) is 29.6 Å². The number of nitrogens with zero attached hydrogens (tertiary/aromatic N) is 1. The van der Waals surface area contributed by atoms with Gasteiger partial charge >= 0.3 is 5.97 Å². The monoisotopic (exact) mass is 273 g/mol. The predicted molar refractivity (Wildman–Crippen MR) is 71.5 cm³/mol. The van der Waals surface area contributed by atoms with Gasteiger partial charge in [-0.3, -0.25) is 0 Å². The third-order valence-electron chi connectivity index (χ3n) is 2.65. The van der Waals surface area contributed by atoms with E-state index in [0.29, 0.717) is 17.9 Å². The van der Waals surface area contributed by atoms with Crippen LogP contribution < -0.4 is 4.74 Å². The largest absolute Gasteiger partial charge is 0.488 e. The van der Waals surface area contributed by atoms with Gasteiger partial charge in [-0.1, -0.05) is 6.07 Å². The fraction of sp³-hybridized carbons (Fsp3) is 0.143. The van der Waals surface area contributed by atoms with Crippen LogP contribution in [0.1, 0.15) is 26.4 Å². The van der Waals surface area contributed by atoms with Crippen molar-refractivity contribution in [3.05, 3.63) is 51.2 Å². The molecule has 0 amide bonds. The minimum atomic E-state index is -0.950. The number of carbonyl (C=O) groups is 1. The summed E-state index contributed by atoms with van der Waals surface area (Å²) in [6.07, 6.45) is 0. The first-order valence-corrected chi connectivity index (χ1v) is 6.42. The van der Waals surface area contributed by atoms with Crippen LogP contribution in [0.4, 0.5) is 0 Å². The smallest absolute Gasteiger partial charge is 0.346 e. The number of carboxylic acid groups (broad SMARTS) is 1. The van der Waals surface area contributed by atoms with Gasteiger partial charge in [0, 0.05) is 11.4 Å². The molecule has 0 fully saturated rings. The van der Waals surface area contributed by atoms with Gasteiger partial charge in [-0.05, 0) is 30.2 Å². The lowest BCUT2D eigenvalue weighted by molar-refractivity contribution is 0.0702. The molecule has 1 aromatic heterocycles. The Morgan fingerprint density at radius 1 is 1.47 bits per heavy atom. The van der Waals surface area contributed by atoms with Crippen molar-refractivity contribution < 1.29 is 14.6 Å². The number of hydrogen-bond donors (Lipinski definition) is 1. The second kappa shape index (κ2) is 5.55. The average molecular weight is 273 g/mol. The molecule has 0 aliphatic carbocycles. The first kappa shape index (κ1) is 13.1. The molecule has 4 nitrogen and oxygen atoms in total. The molecular formula is C14H11NO3S. The van der Waals surface area contributed by atoms with E-state index in [-0.39, 0.29) is 4.88 Å². The molecule has 19 heavy (non-hydrogen) atoms. The van der Waals surface area contributed by atoms with Crippen LogP contribution in [-0.2, 0) is 6.61 Å². The van der Waals surface area contributed by atoms with Gasteiger partial charge in [-0.25, -0.2) is 4.79 Å². The van der Waals surface area contributed by atoms with E-state index in [0.717, 1.165) is 22.5 Å². The lowest BCUT2D eigenvalue weighted by Gasteiger charge is -2.07. The van der Waals surface area contributed by atoms with Crippen LogP contribution >= 0.6 is 11.3 Å². The Labute approximate surface area is 114 Å². The van der Waals surface area contributed by atoms with E-state index < -0.39 is 5.97 Å². The summed E-state index contributed by atoms with van der Waals surface area (Å²) < 4.78 is 5.54. The van der Waals surface area contributed by atoms with Crippen molar-refractivity contribution in [2.45, 2.75) is 13.5 Å². The highest BCUT2D eigenvalue weighted by molar-refractivity contribution is 7.12. The molecule has 0 aliphatic heterocycles. The second-order valence-electron chi connectivity index (χ2n) is 3.99. The summed E-state index contributed by atoms with van der Waals surface area (Å²) >= 11 is 1.14. The Morgan fingerprint density at radius 3 is 2.84 bits per heavy atom. The number of aryl methyl sites for hydroxylation is 1. The molecule has 1 aromatic carbocycles. The van der Waals surface area contributed by atoms with Crippen LogP contribution in [-0.4, -0.2) is 11.1 Å². The van der Waals surface area contributed by atoms with E-state index in [1.54, 1.807) is 17.5 Å². The first-order valence-electron chi connectivity index (χ1n) is 5.54. The lowest BCUT2D eigenvalue weighted by atomic mass is 10.1. The molecule has 0 saturated heterocycles. The third-order valence-corrected chi connectivity index (χ3v) is 3.55. The minimum absolute atomic E-state index is 0.256. The standard InChI is InChI=1S/C14H11NO3S/c1-9-4-10(6-15)2-3-11(9)7-18-12-5-13(14(16)17)19-8-12/h2-5,8H,7H2,1H3,(H,16,17). The van der Waals surface area contributed by atoms with Gasteiger partial charge in [-0.15, -0.1) is 11.3 Å². The highest BCUT2D eigenvalue weighted by Crippen LogP contribution is 2.23. The fourth-order valence-electron chi connectivity index (χ4n) is 1.60. The van der Waals surface area contributed by atoms with Crippen LogP contribution in [0, 0.1) is 18.3 Å². The molecule has 0 atom stereocenters. The minimum Gasteiger partial charge on any atom is -0.488 e. The van der Waals surface area contributed by atoms with Crippen molar-refractivity contribution in [2.24, 2.45) is 0 Å². The van der Waals surface area contributed by atoms with Crippen LogP contribution in [0.5, 0.6) is 5.75 Å². The Morgan fingerprint density at radius 2 is 2.26 bits per heavy atom. The summed E-state index contributed by atoms with van der Waals surface area (Å²) in [5.41, 5.74) is 2.57. The summed E-state index contributed by atoms with van der Waals surface area (Å²) in [4.78, 5) is 11.0. The van der Waals surface area contributed by atoms with E-state index in [1.807, 2.05) is 13.0 Å². The molecule has 0 unspecified atom stereocenters. The zero-order valence-electron chi connectivity index (χ0n) is 10.2. The third kappa shape index (κ3) is 3.12. The van der Waals surface area contributed by atoms with Gasteiger partial charge in [0.05, 0.1) is 11.6 Å². The zero-order chi connectivity index (χ0) is 13.8. The van der Waals surface area contributed by atoms with Gasteiger partial charge in [0.25, 0.3) is 0 Å². The van der Waals surface area contributed by atoms with Crippen molar-refractivity contribution in [3.8, 4) is 11.8 Å². The molecule has 0 radical (unpaired) electrons. The summed E-state index contributed by atoms with van der Waals surface area (Å²) in [6.45, 7) is 2.27. The van der Waals surface area contributed by atoms with E-state index in [2.05, 4.69) is 6.07 Å². The maximum Gasteiger partial charge on any atom is 0.346 e. The maximum absolute atomic E-state index is 10.7. The normalized spacial score (nSPS) is 9.89. The summed E-state index contributed by atoms with van der Waals surface area (Å²) in [5.74, 6) is -0.402. The second-order valence-corrected chi connectivity index (χ2v) is 4.90. The molecule has 96 valence electrons. The fourth-order valence-corrected chi connectivity index (χ4v) is 2.26. The van der Waals surface area contributed by atoms with Crippen molar-refractivity contribution in [2.75, 3.05) is 0 Å². The highest BCUT2D eigenvalue weighted by Gasteiger charge is 2.08. The number of aromatic carboxylic acids is 1. The molecular weight excluding hydrogens is 262 g/mol. The molecule has 1 N–H and O–H groups in total. The zero-order valence-corrected chi connectivity index (χ0v) is 11.0. The number of nitriles is 1. The first-order chi connectivity index (χ1) is 9.10. The maximum atomic E-state index is 10.7. The molecule has 0 spiro atoms. The topological polar surface area (TPSA) is 70.3 Å². The molecule has 0 saturated carbocycles. The van der Waals surface area contributed by atoms with Gasteiger partial charge < -0.3 is 9.84 Å². The van der Waals surface area contributed by atoms with Gasteiger partial charge in [0.15, 0.2) is 0 Å². The molecule has 0 bridgehead atoms. The van der Waals surface area contributed by atoms with Crippen LogP contribution in [0.3, 0.4) is 0 Å². The van der Waals surface area contributed by atoms with Crippen molar-refractivity contribution >= 4 is 17.3 Å². The van der Waals surface area contributed by atoms with Crippen molar-refractivity contribution in [1.82, 2.24) is 0 Å². The van der Waals surface area contributed by atoms with Crippen molar-refractivity contribution in [3.63, 3.8) is 0 Å². The van der Waals surface area contributed by atoms with E-state index in [1.165, 1.54) is 6.07 Å². The lowest BCUT2D eigenvalue weighted by Crippen LogP contribution is -1.98. The number of ether oxygens (including phenoxy) is 1. The van der Waals surface area contributed by atoms with Crippen LogP contribution in [0.25, 0.3) is 0 Å². The molecule has 5 heteroatoms. The van der Waals surface area contributed by atoms with Crippen molar-refractivity contribution in [1.29, 1.82) is 5.26 Å². The molecule has 1 heterocycles. The molecule has 0 aliphatic rings. The van der Waals surface area contributed by atoms with E-state index in [4.69, 9.17) is 15.1 Å². The number of benzene rings is 1. The van der Waals surface area contributed by atoms with Gasteiger partial charge in [0.2, 0.25) is 0 Å². The summed E-state index contributed by atoms with van der Waals surface area (Å²) in [6, 6.07) is 8.97. The van der Waals surface area contributed by atoms with E-state index in [9.17, 15) is 4.79 Å². The number of thiophene rings is 1. The molecule has 2 aromatic rings. The number of rotatable bonds is 4. The number of carboxylic acids is 1. The SMILES string of the molecule is Cc1cc(C#N)ccc1COc1csc(C(=O)O)c1. The van der Waals surface area contributed by atoms with E-state index >= 15 is 0 Å². The quantitative estimate of drug-likeness (QED) is 0.928. The number of hydrogen-bond acceptors (Lipinski definition) is 4. The Hall–Kier alpha value is -2.32. The summed E-state index contributed by atoms with van der Waals surface area (Å²) in [5, 5.41) is 19.3. The predicted octanol–water partition coefficient (Wildman–Crippen LogP) is 3.21. The average Bonchev–Trinajstić information content (AvgIpc) is 2.86. The van der Waals surface area contributed by atoms with Gasteiger partial charge in [-0.2, -0.15) is 5.26 Å².